The first-order valence-electron chi connectivity index (χ1n) is 3.93. The maximum Gasteiger partial charge on any atom is 0.0144 e. The van der Waals surface area contributed by atoms with Gasteiger partial charge in [0.2, 0.25) is 0 Å². The van der Waals surface area contributed by atoms with E-state index in [4.69, 9.17) is 0 Å². The number of rotatable bonds is 3. The molecule has 0 aromatic heterocycles. The molecule has 0 N–H and O–H groups in total. The summed E-state index contributed by atoms with van der Waals surface area (Å²) in [4.78, 5) is 1.89. The molecule has 58 valence electrons. The molecule has 0 rings (SSSR count). The zero-order valence-electron chi connectivity index (χ0n) is 7.28. The molecule has 0 atom stereocenters. The van der Waals surface area contributed by atoms with E-state index >= 15 is 0 Å². The van der Waals surface area contributed by atoms with Gasteiger partial charge in [-0.1, -0.05) is 25.7 Å². The molecule has 0 aliphatic heterocycles. The molecule has 0 radical (unpaired) electrons. The minimum Gasteiger partial charge on any atom is -0.339 e. The molecule has 0 spiro atoms. The van der Waals surface area contributed by atoms with Crippen LogP contribution in [0.1, 0.15) is 32.6 Å². The van der Waals surface area contributed by atoms with Crippen LogP contribution in [-0.4, -0.2) is 19.0 Å². The van der Waals surface area contributed by atoms with E-state index in [-0.39, 0.29) is 0 Å². The van der Waals surface area contributed by atoms with Gasteiger partial charge in [0.15, 0.2) is 0 Å². The summed E-state index contributed by atoms with van der Waals surface area (Å²) in [7, 11) is 3.93. The van der Waals surface area contributed by atoms with Crippen molar-refractivity contribution < 1.29 is 0 Å². The monoisotopic (exact) mass is 139 g/mol. The molecule has 0 saturated carbocycles. The first-order chi connectivity index (χ1) is 4.77. The molecular weight excluding hydrogens is 122 g/mol. The summed E-state index contributed by atoms with van der Waals surface area (Å²) < 4.78 is 0. The predicted molar refractivity (Wildman–Crippen MR) is 45.6 cm³/mol. The van der Waals surface area contributed by atoms with Gasteiger partial charge in [0.25, 0.3) is 0 Å². The minimum absolute atomic E-state index is 1.05. The maximum absolute atomic E-state index is 3.10. The number of nitrogens with zero attached hydrogens (tertiary/aromatic N) is 1. The highest BCUT2D eigenvalue weighted by Gasteiger charge is 1.80. The summed E-state index contributed by atoms with van der Waals surface area (Å²) in [6, 6.07) is 2.99. The van der Waals surface area contributed by atoms with Crippen molar-refractivity contribution in [3.05, 3.63) is 0 Å². The molecule has 0 aliphatic rings. The van der Waals surface area contributed by atoms with Crippen molar-refractivity contribution in [2.45, 2.75) is 32.6 Å². The maximum atomic E-state index is 3.10. The zero-order valence-corrected chi connectivity index (χ0v) is 7.28. The van der Waals surface area contributed by atoms with Crippen LogP contribution >= 0.6 is 0 Å². The highest BCUT2D eigenvalue weighted by Crippen LogP contribution is 1.96. The second-order valence-electron chi connectivity index (χ2n) is 2.64. The summed E-state index contributed by atoms with van der Waals surface area (Å²) in [6.45, 7) is 2.21. The van der Waals surface area contributed by atoms with Crippen molar-refractivity contribution in [2.75, 3.05) is 14.1 Å². The molecule has 0 amide bonds. The van der Waals surface area contributed by atoms with E-state index in [1.165, 1.54) is 19.3 Å². The van der Waals surface area contributed by atoms with Crippen LogP contribution in [-0.2, 0) is 0 Å². The van der Waals surface area contributed by atoms with E-state index in [2.05, 4.69) is 18.9 Å². The van der Waals surface area contributed by atoms with Gasteiger partial charge in [0.05, 0.1) is 0 Å². The summed E-state index contributed by atoms with van der Waals surface area (Å²) in [6.07, 6.45) is 4.88. The van der Waals surface area contributed by atoms with Gasteiger partial charge in [-0.3, -0.25) is 0 Å². The fourth-order valence-electron chi connectivity index (χ4n) is 0.677. The Labute approximate surface area is 64.4 Å². The van der Waals surface area contributed by atoms with Gasteiger partial charge >= 0.3 is 0 Å². The summed E-state index contributed by atoms with van der Waals surface area (Å²) in [5.41, 5.74) is 0. The van der Waals surface area contributed by atoms with Gasteiger partial charge in [0, 0.05) is 26.6 Å². The van der Waals surface area contributed by atoms with Crippen LogP contribution in [0.4, 0.5) is 0 Å². The largest absolute Gasteiger partial charge is 0.339 e. The Morgan fingerprint density at radius 3 is 2.40 bits per heavy atom. The lowest BCUT2D eigenvalue weighted by Crippen LogP contribution is -2.00. The van der Waals surface area contributed by atoms with E-state index in [0.717, 1.165) is 6.42 Å². The molecule has 0 aromatic rings. The van der Waals surface area contributed by atoms with Gasteiger partial charge in [-0.2, -0.15) is 0 Å². The molecule has 0 fully saturated rings. The molecule has 0 aliphatic carbocycles. The summed E-state index contributed by atoms with van der Waals surface area (Å²) in [5.74, 6) is 3.10. The van der Waals surface area contributed by atoms with E-state index in [1.807, 2.05) is 19.0 Å². The molecule has 1 nitrogen and oxygen atoms in total. The van der Waals surface area contributed by atoms with Crippen LogP contribution in [0.5, 0.6) is 0 Å². The molecule has 0 bridgehead atoms. The summed E-state index contributed by atoms with van der Waals surface area (Å²) in [5, 5.41) is 0. The van der Waals surface area contributed by atoms with Crippen LogP contribution in [0.15, 0.2) is 0 Å². The fourth-order valence-corrected chi connectivity index (χ4v) is 0.677. The lowest BCUT2D eigenvalue weighted by molar-refractivity contribution is 0.595. The lowest BCUT2D eigenvalue weighted by Gasteiger charge is -1.97. The van der Waals surface area contributed by atoms with Gasteiger partial charge in [-0.25, -0.2) is 0 Å². The Kier molecular flexibility index (Phi) is 6.06. The van der Waals surface area contributed by atoms with Gasteiger partial charge < -0.3 is 4.90 Å². The first kappa shape index (κ1) is 9.36. The van der Waals surface area contributed by atoms with Crippen LogP contribution in [0.3, 0.4) is 0 Å². The molecule has 1 heteroatoms. The molecule has 0 unspecified atom stereocenters. The Bertz CT molecular complexity index is 116. The quantitative estimate of drug-likeness (QED) is 0.329. The van der Waals surface area contributed by atoms with Crippen LogP contribution in [0.2, 0.25) is 0 Å². The fraction of sp³-hybridized carbons (Fsp3) is 0.778. The van der Waals surface area contributed by atoms with Crippen LogP contribution < -0.4 is 0 Å². The Hall–Kier alpha value is -0.640. The van der Waals surface area contributed by atoms with Gasteiger partial charge in [0.1, 0.15) is 0 Å². The van der Waals surface area contributed by atoms with Gasteiger partial charge in [-0.15, -0.1) is 0 Å². The SMILES string of the molecule is CCCCCC#CN(C)C. The van der Waals surface area contributed by atoms with E-state index in [1.54, 1.807) is 0 Å². The second kappa shape index (κ2) is 6.48. The molecule has 0 heterocycles. The predicted octanol–water partition coefficient (Wildman–Crippen LogP) is 2.09. The van der Waals surface area contributed by atoms with Crippen molar-refractivity contribution in [1.82, 2.24) is 4.90 Å². The third kappa shape index (κ3) is 7.36. The lowest BCUT2D eigenvalue weighted by atomic mass is 10.2. The number of unbranched alkanes of at least 4 members (excludes halogenated alkanes) is 3. The Balaban J connectivity index is 3.12. The van der Waals surface area contributed by atoms with Crippen molar-refractivity contribution in [1.29, 1.82) is 0 Å². The van der Waals surface area contributed by atoms with Crippen molar-refractivity contribution in [3.63, 3.8) is 0 Å². The summed E-state index contributed by atoms with van der Waals surface area (Å²) >= 11 is 0. The highest BCUT2D eigenvalue weighted by atomic mass is 15.0. The average molecular weight is 139 g/mol. The van der Waals surface area contributed by atoms with Gasteiger partial charge in [-0.05, 0) is 6.42 Å². The first-order valence-corrected chi connectivity index (χ1v) is 3.93. The molecular formula is C9H17N. The van der Waals surface area contributed by atoms with E-state index in [0.29, 0.717) is 0 Å². The third-order valence-electron chi connectivity index (χ3n) is 1.21. The molecule has 10 heavy (non-hydrogen) atoms. The Morgan fingerprint density at radius 2 is 1.90 bits per heavy atom. The number of hydrogen-bond acceptors (Lipinski definition) is 1. The minimum atomic E-state index is 1.05. The van der Waals surface area contributed by atoms with Crippen LogP contribution in [0.25, 0.3) is 0 Å². The van der Waals surface area contributed by atoms with E-state index in [9.17, 15) is 0 Å². The van der Waals surface area contributed by atoms with Crippen LogP contribution in [0, 0.1) is 12.0 Å². The Morgan fingerprint density at radius 1 is 1.20 bits per heavy atom. The third-order valence-corrected chi connectivity index (χ3v) is 1.21. The smallest absolute Gasteiger partial charge is 0.0144 e. The van der Waals surface area contributed by atoms with E-state index < -0.39 is 0 Å². The normalized spacial score (nSPS) is 8.30. The second-order valence-corrected chi connectivity index (χ2v) is 2.64. The average Bonchev–Trinajstić information content (AvgIpc) is 1.87. The molecule has 0 saturated heterocycles. The zero-order chi connectivity index (χ0) is 7.82. The molecule has 0 aromatic carbocycles. The van der Waals surface area contributed by atoms with Crippen molar-refractivity contribution >= 4 is 0 Å². The van der Waals surface area contributed by atoms with Crippen molar-refractivity contribution in [2.24, 2.45) is 0 Å². The topological polar surface area (TPSA) is 3.24 Å². The number of hydrogen-bond donors (Lipinski definition) is 0. The highest BCUT2D eigenvalue weighted by molar-refractivity contribution is 4.95. The standard InChI is InChI=1S/C9H17N/c1-4-5-6-7-8-9-10(2)3/h4-7H2,1-3H3. The van der Waals surface area contributed by atoms with Crippen molar-refractivity contribution in [3.8, 4) is 12.0 Å².